The molecule has 2 aliphatic heterocycles. The van der Waals surface area contributed by atoms with Crippen LogP contribution in [0, 0.1) is 5.92 Å². The predicted octanol–water partition coefficient (Wildman–Crippen LogP) is 3.27. The number of nitrogens with zero attached hydrogens (tertiary/aromatic N) is 1. The molecule has 4 nitrogen and oxygen atoms in total. The van der Waals surface area contributed by atoms with E-state index in [4.69, 9.17) is 9.47 Å². The SMILES string of the molecule is C[C@@]1(O)CCN(Cc2ccc3c(c2)OCCO3)C[C@@H]1Cc1ccccc1. The summed E-state index contributed by atoms with van der Waals surface area (Å²) in [4.78, 5) is 2.44. The molecular formula is C22H27NO3. The standard InChI is InChI=1S/C22H27NO3/c1-22(24)9-10-23(16-19(22)13-17-5-3-2-4-6-17)15-18-7-8-20-21(14-18)26-12-11-25-20/h2-8,14,19,24H,9-13,15-16H2,1H3/t19-,22+/m0/s1. The van der Waals surface area contributed by atoms with Crippen LogP contribution < -0.4 is 9.47 Å². The van der Waals surface area contributed by atoms with Crippen LogP contribution >= 0.6 is 0 Å². The van der Waals surface area contributed by atoms with Crippen molar-refractivity contribution in [3.8, 4) is 11.5 Å². The van der Waals surface area contributed by atoms with Gasteiger partial charge in [0.25, 0.3) is 0 Å². The number of piperidine rings is 1. The van der Waals surface area contributed by atoms with E-state index in [2.05, 4.69) is 41.3 Å². The lowest BCUT2D eigenvalue weighted by Gasteiger charge is -2.43. The highest BCUT2D eigenvalue weighted by Crippen LogP contribution is 2.34. The van der Waals surface area contributed by atoms with E-state index in [9.17, 15) is 5.11 Å². The van der Waals surface area contributed by atoms with Crippen molar-refractivity contribution in [3.05, 3.63) is 59.7 Å². The first-order valence-corrected chi connectivity index (χ1v) is 9.47. The minimum Gasteiger partial charge on any atom is -0.486 e. The summed E-state index contributed by atoms with van der Waals surface area (Å²) in [5.41, 5.74) is 1.91. The lowest BCUT2D eigenvalue weighted by atomic mass is 9.78. The summed E-state index contributed by atoms with van der Waals surface area (Å²) in [5.74, 6) is 1.91. The third-order valence-electron chi connectivity index (χ3n) is 5.63. The van der Waals surface area contributed by atoms with Crippen LogP contribution in [0.2, 0.25) is 0 Å². The second-order valence-electron chi connectivity index (χ2n) is 7.71. The molecule has 2 aliphatic rings. The summed E-state index contributed by atoms with van der Waals surface area (Å²) in [7, 11) is 0. The summed E-state index contributed by atoms with van der Waals surface area (Å²) in [6.07, 6.45) is 1.71. The van der Waals surface area contributed by atoms with E-state index in [1.807, 2.05) is 19.1 Å². The zero-order chi connectivity index (χ0) is 18.0. The minimum atomic E-state index is -0.612. The topological polar surface area (TPSA) is 41.9 Å². The van der Waals surface area contributed by atoms with Gasteiger partial charge in [-0.05, 0) is 43.0 Å². The Balaban J connectivity index is 1.44. The zero-order valence-corrected chi connectivity index (χ0v) is 15.4. The molecule has 0 unspecified atom stereocenters. The van der Waals surface area contributed by atoms with Crippen molar-refractivity contribution in [2.75, 3.05) is 26.3 Å². The highest BCUT2D eigenvalue weighted by molar-refractivity contribution is 5.43. The monoisotopic (exact) mass is 353 g/mol. The van der Waals surface area contributed by atoms with Crippen LogP contribution in [0.15, 0.2) is 48.5 Å². The minimum absolute atomic E-state index is 0.232. The number of aliphatic hydroxyl groups is 1. The number of ether oxygens (including phenoxy) is 2. The highest BCUT2D eigenvalue weighted by Gasteiger charge is 2.37. The number of rotatable bonds is 4. The number of likely N-dealkylation sites (tertiary alicyclic amines) is 1. The Morgan fingerprint density at radius 2 is 1.81 bits per heavy atom. The lowest BCUT2D eigenvalue weighted by Crippen LogP contribution is -2.50. The second kappa shape index (κ2) is 7.29. The molecule has 2 aromatic carbocycles. The molecule has 0 aliphatic carbocycles. The summed E-state index contributed by atoms with van der Waals surface area (Å²) in [6, 6.07) is 16.7. The first-order valence-electron chi connectivity index (χ1n) is 9.47. The second-order valence-corrected chi connectivity index (χ2v) is 7.71. The fourth-order valence-electron chi connectivity index (χ4n) is 3.96. The molecule has 26 heavy (non-hydrogen) atoms. The maximum absolute atomic E-state index is 10.9. The Bertz CT molecular complexity index is 744. The average Bonchev–Trinajstić information content (AvgIpc) is 2.65. The van der Waals surface area contributed by atoms with Crippen molar-refractivity contribution in [3.63, 3.8) is 0 Å². The normalized spacial score (nSPS) is 25.8. The molecule has 0 spiro atoms. The van der Waals surface area contributed by atoms with Crippen LogP contribution in [0.1, 0.15) is 24.5 Å². The van der Waals surface area contributed by atoms with E-state index in [1.165, 1.54) is 11.1 Å². The molecule has 0 saturated carbocycles. The molecule has 0 aromatic heterocycles. The van der Waals surface area contributed by atoms with Gasteiger partial charge in [-0.3, -0.25) is 4.90 Å². The molecule has 0 amide bonds. The Hall–Kier alpha value is -2.04. The Labute approximate surface area is 155 Å². The van der Waals surface area contributed by atoms with Crippen molar-refractivity contribution in [1.29, 1.82) is 0 Å². The van der Waals surface area contributed by atoms with Crippen LogP contribution in [0.5, 0.6) is 11.5 Å². The Kier molecular flexibility index (Phi) is 4.88. The molecule has 1 saturated heterocycles. The predicted molar refractivity (Wildman–Crippen MR) is 102 cm³/mol. The van der Waals surface area contributed by atoms with Crippen molar-refractivity contribution in [2.45, 2.75) is 31.9 Å². The van der Waals surface area contributed by atoms with Crippen LogP contribution in [0.4, 0.5) is 0 Å². The van der Waals surface area contributed by atoms with E-state index >= 15 is 0 Å². The average molecular weight is 353 g/mol. The molecule has 1 N–H and O–H groups in total. The van der Waals surface area contributed by atoms with E-state index < -0.39 is 5.60 Å². The Morgan fingerprint density at radius 1 is 1.04 bits per heavy atom. The van der Waals surface area contributed by atoms with Crippen LogP contribution in [0.3, 0.4) is 0 Å². The highest BCUT2D eigenvalue weighted by atomic mass is 16.6. The quantitative estimate of drug-likeness (QED) is 0.916. The van der Waals surface area contributed by atoms with E-state index in [0.717, 1.165) is 44.0 Å². The summed E-state index contributed by atoms with van der Waals surface area (Å²) in [5, 5.41) is 10.9. The molecule has 2 aromatic rings. The molecule has 2 atom stereocenters. The van der Waals surface area contributed by atoms with Crippen LogP contribution in [-0.2, 0) is 13.0 Å². The lowest BCUT2D eigenvalue weighted by molar-refractivity contribution is -0.0593. The molecule has 4 rings (SSSR count). The first kappa shape index (κ1) is 17.4. The fourth-order valence-corrected chi connectivity index (χ4v) is 3.96. The molecule has 0 bridgehead atoms. The Morgan fingerprint density at radius 3 is 2.62 bits per heavy atom. The number of hydrogen-bond donors (Lipinski definition) is 1. The molecule has 138 valence electrons. The van der Waals surface area contributed by atoms with Gasteiger partial charge in [0.1, 0.15) is 13.2 Å². The summed E-state index contributed by atoms with van der Waals surface area (Å²) >= 11 is 0. The van der Waals surface area contributed by atoms with Gasteiger partial charge < -0.3 is 14.6 Å². The van der Waals surface area contributed by atoms with Crippen molar-refractivity contribution < 1.29 is 14.6 Å². The summed E-state index contributed by atoms with van der Waals surface area (Å²) < 4.78 is 11.3. The maximum Gasteiger partial charge on any atom is 0.161 e. The smallest absolute Gasteiger partial charge is 0.161 e. The largest absolute Gasteiger partial charge is 0.486 e. The van der Waals surface area contributed by atoms with Crippen molar-refractivity contribution >= 4 is 0 Å². The van der Waals surface area contributed by atoms with Gasteiger partial charge in [0.05, 0.1) is 5.60 Å². The van der Waals surface area contributed by atoms with Gasteiger partial charge in [-0.15, -0.1) is 0 Å². The number of benzene rings is 2. The van der Waals surface area contributed by atoms with Gasteiger partial charge in [0.2, 0.25) is 0 Å². The third-order valence-corrected chi connectivity index (χ3v) is 5.63. The fraction of sp³-hybridized carbons (Fsp3) is 0.455. The van der Waals surface area contributed by atoms with Gasteiger partial charge in [0, 0.05) is 25.6 Å². The molecule has 1 fully saturated rings. The molecular weight excluding hydrogens is 326 g/mol. The zero-order valence-electron chi connectivity index (χ0n) is 15.4. The molecule has 2 heterocycles. The van der Waals surface area contributed by atoms with Crippen LogP contribution in [-0.4, -0.2) is 41.9 Å². The van der Waals surface area contributed by atoms with Crippen molar-refractivity contribution in [2.24, 2.45) is 5.92 Å². The number of hydrogen-bond acceptors (Lipinski definition) is 4. The van der Waals surface area contributed by atoms with Gasteiger partial charge in [-0.2, -0.15) is 0 Å². The maximum atomic E-state index is 10.9. The van der Waals surface area contributed by atoms with Gasteiger partial charge in [0.15, 0.2) is 11.5 Å². The van der Waals surface area contributed by atoms with E-state index in [0.29, 0.717) is 13.2 Å². The van der Waals surface area contributed by atoms with Crippen LogP contribution in [0.25, 0.3) is 0 Å². The van der Waals surface area contributed by atoms with Gasteiger partial charge in [-0.1, -0.05) is 36.4 Å². The molecule has 4 heteroatoms. The summed E-state index contributed by atoms with van der Waals surface area (Å²) in [6.45, 7) is 5.90. The first-order chi connectivity index (χ1) is 12.6. The van der Waals surface area contributed by atoms with E-state index in [1.54, 1.807) is 0 Å². The number of fused-ring (bicyclic) bond motifs is 1. The van der Waals surface area contributed by atoms with Gasteiger partial charge in [-0.25, -0.2) is 0 Å². The van der Waals surface area contributed by atoms with Gasteiger partial charge >= 0.3 is 0 Å². The molecule has 0 radical (unpaired) electrons. The van der Waals surface area contributed by atoms with Crippen molar-refractivity contribution in [1.82, 2.24) is 4.90 Å². The van der Waals surface area contributed by atoms with E-state index in [-0.39, 0.29) is 5.92 Å². The third kappa shape index (κ3) is 3.87.